The van der Waals surface area contributed by atoms with Crippen molar-refractivity contribution in [1.29, 1.82) is 0 Å². The Hall–Kier alpha value is -3.91. The molecule has 2 heteroatoms. The number of benzene rings is 4. The van der Waals surface area contributed by atoms with Gasteiger partial charge in [0.2, 0.25) is 0 Å². The van der Waals surface area contributed by atoms with Gasteiger partial charge in [-0.05, 0) is 76.8 Å². The molecule has 198 valence electrons. The van der Waals surface area contributed by atoms with Gasteiger partial charge in [-0.3, -0.25) is 4.98 Å². The van der Waals surface area contributed by atoms with Gasteiger partial charge in [0.1, 0.15) is 0 Å². The van der Waals surface area contributed by atoms with E-state index in [1.54, 1.807) is 0 Å². The Morgan fingerprint density at radius 3 is 2.33 bits per heavy atom. The van der Waals surface area contributed by atoms with Gasteiger partial charge in [0.05, 0.1) is 22.2 Å². The second-order valence-electron chi connectivity index (χ2n) is 13.3. The zero-order valence-corrected chi connectivity index (χ0v) is 23.8. The number of pyridine rings is 1. The Kier molecular flexibility index (Phi) is 5.26. The second kappa shape index (κ2) is 8.80. The minimum Gasteiger partial charge on any atom is -0.306 e. The Bertz CT molecular complexity index is 2050. The van der Waals surface area contributed by atoms with E-state index >= 15 is 0 Å². The Balaban J connectivity index is 1.47. The molecule has 0 amide bonds. The first kappa shape index (κ1) is 23.9. The summed E-state index contributed by atoms with van der Waals surface area (Å²) >= 11 is 0. The molecule has 4 aromatic carbocycles. The van der Waals surface area contributed by atoms with Crippen molar-refractivity contribution in [3.05, 3.63) is 96.2 Å². The van der Waals surface area contributed by atoms with Crippen molar-refractivity contribution in [2.75, 3.05) is 0 Å². The first-order valence-corrected chi connectivity index (χ1v) is 15.1. The van der Waals surface area contributed by atoms with Gasteiger partial charge in [0.25, 0.3) is 0 Å². The fourth-order valence-corrected chi connectivity index (χ4v) is 7.67. The quantitative estimate of drug-likeness (QED) is 0.226. The third kappa shape index (κ3) is 3.58. The lowest BCUT2D eigenvalue weighted by molar-refractivity contribution is 0.413. The molecule has 1 aliphatic rings. The van der Waals surface area contributed by atoms with Crippen LogP contribution in [0.15, 0.2) is 85.1 Å². The molecular weight excluding hydrogens is 484 g/mol. The van der Waals surface area contributed by atoms with Crippen molar-refractivity contribution in [3.8, 4) is 11.3 Å². The summed E-state index contributed by atoms with van der Waals surface area (Å²) in [7, 11) is 0. The smallest absolute Gasteiger partial charge is 0.0949 e. The maximum Gasteiger partial charge on any atom is 0.0949 e. The number of hydrogen-bond acceptors (Lipinski definition) is 1. The highest BCUT2D eigenvalue weighted by atomic mass is 14.9. The minimum absolute atomic E-state index is 0.214. The molecule has 1 fully saturated rings. The summed E-state index contributed by atoms with van der Waals surface area (Å²) in [5.74, 6) is 0.631. The van der Waals surface area contributed by atoms with E-state index in [4.69, 9.17) is 4.98 Å². The molecule has 0 unspecified atom stereocenters. The predicted molar refractivity (Wildman–Crippen MR) is 171 cm³/mol. The van der Waals surface area contributed by atoms with E-state index in [2.05, 4.69) is 104 Å². The zero-order chi connectivity index (χ0) is 27.0. The first-order valence-electron chi connectivity index (χ1n) is 15.1. The summed E-state index contributed by atoms with van der Waals surface area (Å²) < 4.78 is 2.53. The molecule has 1 aliphatic carbocycles. The van der Waals surface area contributed by atoms with Gasteiger partial charge in [0.15, 0.2) is 0 Å². The van der Waals surface area contributed by atoms with E-state index in [1.165, 1.54) is 97.7 Å². The van der Waals surface area contributed by atoms with Crippen molar-refractivity contribution in [1.82, 2.24) is 9.38 Å². The Morgan fingerprint density at radius 1 is 0.750 bits per heavy atom. The highest BCUT2D eigenvalue weighted by molar-refractivity contribution is 6.25. The molecule has 8 rings (SSSR count). The lowest BCUT2D eigenvalue weighted by atomic mass is 9.81. The van der Waals surface area contributed by atoms with Gasteiger partial charge in [-0.25, -0.2) is 0 Å². The van der Waals surface area contributed by atoms with Crippen LogP contribution in [0.3, 0.4) is 0 Å². The summed E-state index contributed by atoms with van der Waals surface area (Å²) in [6.45, 7) is 7.02. The standard InChI is InChI=1S/C38H36N2/c1-38(2,3)23-26-17-18-29-30-19-20-39-35(37(30)40-33-16-10-9-15-31(33)34(26)36(29)40)27-21-25-13-7-8-14-28(25)32(22-27)24-11-5-4-6-12-24/h7-10,13-22,24H,4-6,11-12,23H2,1-3H3. The SMILES string of the molecule is CC(C)(C)Cc1ccc2c3ccnc(-c4cc(C5CCCCC5)c5ccccc5c4)c3n3c4ccccc4c1c23. The maximum absolute atomic E-state index is 5.13. The highest BCUT2D eigenvalue weighted by Gasteiger charge is 2.25. The largest absolute Gasteiger partial charge is 0.306 e. The van der Waals surface area contributed by atoms with Crippen molar-refractivity contribution in [2.45, 2.75) is 65.2 Å². The molecule has 0 bridgehead atoms. The molecular formula is C38H36N2. The van der Waals surface area contributed by atoms with Crippen molar-refractivity contribution in [3.63, 3.8) is 0 Å². The predicted octanol–water partition coefficient (Wildman–Crippen LogP) is 10.7. The molecule has 40 heavy (non-hydrogen) atoms. The fourth-order valence-electron chi connectivity index (χ4n) is 7.67. The third-order valence-electron chi connectivity index (χ3n) is 9.27. The zero-order valence-electron chi connectivity index (χ0n) is 23.8. The Labute approximate surface area is 236 Å². The van der Waals surface area contributed by atoms with Crippen LogP contribution in [-0.2, 0) is 6.42 Å². The number of rotatable bonds is 3. The van der Waals surface area contributed by atoms with E-state index < -0.39 is 0 Å². The molecule has 0 radical (unpaired) electrons. The first-order chi connectivity index (χ1) is 19.5. The van der Waals surface area contributed by atoms with Gasteiger partial charge >= 0.3 is 0 Å². The van der Waals surface area contributed by atoms with E-state index in [0.717, 1.165) is 12.1 Å². The van der Waals surface area contributed by atoms with Crippen molar-refractivity contribution >= 4 is 48.9 Å². The average molecular weight is 521 g/mol. The average Bonchev–Trinajstić information content (AvgIpc) is 3.49. The second-order valence-corrected chi connectivity index (χ2v) is 13.3. The van der Waals surface area contributed by atoms with E-state index in [9.17, 15) is 0 Å². The summed E-state index contributed by atoms with van der Waals surface area (Å²) in [4.78, 5) is 5.13. The van der Waals surface area contributed by atoms with Crippen molar-refractivity contribution < 1.29 is 0 Å². The third-order valence-corrected chi connectivity index (χ3v) is 9.27. The fraction of sp³-hybridized carbons (Fsp3) is 0.289. The summed E-state index contributed by atoms with van der Waals surface area (Å²) in [6.07, 6.45) is 9.69. The molecule has 2 nitrogen and oxygen atoms in total. The van der Waals surface area contributed by atoms with E-state index in [-0.39, 0.29) is 5.41 Å². The van der Waals surface area contributed by atoms with Crippen LogP contribution in [0.25, 0.3) is 60.1 Å². The van der Waals surface area contributed by atoms with Crippen LogP contribution in [0.1, 0.15) is 69.9 Å². The summed E-state index contributed by atoms with van der Waals surface area (Å²) in [6, 6.07) is 29.8. The van der Waals surface area contributed by atoms with Crippen LogP contribution < -0.4 is 0 Å². The molecule has 0 N–H and O–H groups in total. The van der Waals surface area contributed by atoms with Gasteiger partial charge in [-0.2, -0.15) is 0 Å². The lowest BCUT2D eigenvalue weighted by Crippen LogP contribution is -2.09. The van der Waals surface area contributed by atoms with Crippen molar-refractivity contribution in [2.24, 2.45) is 5.41 Å². The molecule has 0 atom stereocenters. The van der Waals surface area contributed by atoms with Crippen LogP contribution in [0.2, 0.25) is 0 Å². The summed E-state index contributed by atoms with van der Waals surface area (Å²) in [5, 5.41) is 8.12. The number of aromatic nitrogens is 2. The number of fused-ring (bicyclic) bond motifs is 7. The lowest BCUT2D eigenvalue weighted by Gasteiger charge is -2.24. The molecule has 1 saturated carbocycles. The maximum atomic E-state index is 5.13. The Morgan fingerprint density at radius 2 is 1.50 bits per heavy atom. The normalized spacial score (nSPS) is 15.4. The van der Waals surface area contributed by atoms with Gasteiger partial charge in [-0.1, -0.05) is 94.6 Å². The molecule has 0 saturated heterocycles. The summed E-state index contributed by atoms with van der Waals surface area (Å²) in [5.41, 5.74) is 9.36. The molecule has 0 spiro atoms. The van der Waals surface area contributed by atoms with Crippen LogP contribution in [0.4, 0.5) is 0 Å². The number of para-hydroxylation sites is 1. The highest BCUT2D eigenvalue weighted by Crippen LogP contribution is 2.45. The number of nitrogens with zero attached hydrogens (tertiary/aromatic N) is 2. The topological polar surface area (TPSA) is 17.3 Å². The molecule has 3 heterocycles. The molecule has 0 aliphatic heterocycles. The van der Waals surface area contributed by atoms with Crippen LogP contribution in [0.5, 0.6) is 0 Å². The minimum atomic E-state index is 0.214. The molecule has 7 aromatic rings. The van der Waals surface area contributed by atoms with E-state index in [0.29, 0.717) is 5.92 Å². The van der Waals surface area contributed by atoms with Crippen LogP contribution in [0, 0.1) is 5.41 Å². The van der Waals surface area contributed by atoms with Crippen LogP contribution >= 0.6 is 0 Å². The molecule has 3 aromatic heterocycles. The van der Waals surface area contributed by atoms with E-state index in [1.807, 2.05) is 6.20 Å². The van der Waals surface area contributed by atoms with Gasteiger partial charge in [-0.15, -0.1) is 0 Å². The number of hydrogen-bond donors (Lipinski definition) is 0. The van der Waals surface area contributed by atoms with Gasteiger partial charge in [0, 0.05) is 33.3 Å². The monoisotopic (exact) mass is 520 g/mol. The van der Waals surface area contributed by atoms with Gasteiger partial charge < -0.3 is 4.40 Å². The van der Waals surface area contributed by atoms with Crippen LogP contribution in [-0.4, -0.2) is 9.38 Å².